The van der Waals surface area contributed by atoms with Crippen LogP contribution in [-0.2, 0) is 9.53 Å². The highest BCUT2D eigenvalue weighted by Gasteiger charge is 2.32. The number of ether oxygens (including phenoxy) is 1. The second kappa shape index (κ2) is 5.50. The van der Waals surface area contributed by atoms with Gasteiger partial charge in [-0.1, -0.05) is 30.3 Å². The van der Waals surface area contributed by atoms with Crippen LogP contribution in [0, 0.1) is 0 Å². The van der Waals surface area contributed by atoms with Crippen LogP contribution < -0.4 is 0 Å². The lowest BCUT2D eigenvalue weighted by Crippen LogP contribution is -2.48. The third-order valence-corrected chi connectivity index (χ3v) is 3.16. The molecule has 1 saturated heterocycles. The van der Waals surface area contributed by atoms with Gasteiger partial charge in [-0.3, -0.25) is 9.69 Å². The molecule has 0 aliphatic carbocycles. The van der Waals surface area contributed by atoms with Crippen LogP contribution in [0.25, 0.3) is 0 Å². The van der Waals surface area contributed by atoms with Crippen LogP contribution >= 0.6 is 0 Å². The Kier molecular flexibility index (Phi) is 3.99. The molecule has 4 heteroatoms. The van der Waals surface area contributed by atoms with Gasteiger partial charge < -0.3 is 9.84 Å². The second-order valence-corrected chi connectivity index (χ2v) is 4.86. The van der Waals surface area contributed by atoms with Crippen LogP contribution in [0.4, 0.5) is 0 Å². The van der Waals surface area contributed by atoms with Crippen molar-refractivity contribution in [1.29, 1.82) is 0 Å². The summed E-state index contributed by atoms with van der Waals surface area (Å²) in [7, 11) is 0. The Bertz CT molecular complexity index is 397. The average molecular weight is 249 g/mol. The molecule has 0 saturated carbocycles. The second-order valence-electron chi connectivity index (χ2n) is 4.86. The summed E-state index contributed by atoms with van der Waals surface area (Å²) >= 11 is 0. The van der Waals surface area contributed by atoms with Crippen molar-refractivity contribution in [3.8, 4) is 0 Å². The van der Waals surface area contributed by atoms with E-state index in [1.807, 2.05) is 49.1 Å². The molecule has 1 aromatic rings. The molecule has 18 heavy (non-hydrogen) atoms. The Labute approximate surface area is 107 Å². The van der Waals surface area contributed by atoms with Crippen molar-refractivity contribution in [3.05, 3.63) is 35.9 Å². The lowest BCUT2D eigenvalue weighted by atomic mass is 10.0. The van der Waals surface area contributed by atoms with Crippen LogP contribution in [0.5, 0.6) is 0 Å². The zero-order valence-corrected chi connectivity index (χ0v) is 10.7. The summed E-state index contributed by atoms with van der Waals surface area (Å²) in [5, 5.41) is 9.47. The molecule has 1 heterocycles. The van der Waals surface area contributed by atoms with Gasteiger partial charge in [-0.25, -0.2) is 0 Å². The van der Waals surface area contributed by atoms with E-state index in [1.54, 1.807) is 0 Å². The average Bonchev–Trinajstić information content (AvgIpc) is 2.28. The van der Waals surface area contributed by atoms with E-state index < -0.39 is 12.0 Å². The number of rotatable bonds is 3. The van der Waals surface area contributed by atoms with E-state index in [-0.39, 0.29) is 12.2 Å². The minimum Gasteiger partial charge on any atom is -0.480 e. The lowest BCUT2D eigenvalue weighted by molar-refractivity contribution is -0.149. The highest BCUT2D eigenvalue weighted by molar-refractivity contribution is 5.75. The maximum Gasteiger partial charge on any atom is 0.325 e. The summed E-state index contributed by atoms with van der Waals surface area (Å²) < 4.78 is 5.65. The molecule has 1 fully saturated rings. The summed E-state index contributed by atoms with van der Waals surface area (Å²) in [6.07, 6.45) is 0.138. The molecule has 1 N–H and O–H groups in total. The van der Waals surface area contributed by atoms with Gasteiger partial charge in [-0.2, -0.15) is 0 Å². The van der Waals surface area contributed by atoms with Crippen molar-refractivity contribution in [3.63, 3.8) is 0 Å². The smallest absolute Gasteiger partial charge is 0.325 e. The number of hydrogen-bond acceptors (Lipinski definition) is 3. The largest absolute Gasteiger partial charge is 0.480 e. The fraction of sp³-hybridized carbons (Fsp3) is 0.500. The number of nitrogens with zero attached hydrogens (tertiary/aromatic N) is 1. The molecule has 0 amide bonds. The Morgan fingerprint density at radius 1 is 1.28 bits per heavy atom. The van der Waals surface area contributed by atoms with Gasteiger partial charge in [0, 0.05) is 13.1 Å². The van der Waals surface area contributed by atoms with E-state index in [2.05, 4.69) is 0 Å². The van der Waals surface area contributed by atoms with Crippen molar-refractivity contribution in [2.24, 2.45) is 0 Å². The maximum atomic E-state index is 11.5. The van der Waals surface area contributed by atoms with Crippen molar-refractivity contribution in [2.75, 3.05) is 13.1 Å². The molecule has 0 bridgehead atoms. The monoisotopic (exact) mass is 249 g/mol. The number of carboxylic acid groups (broad SMARTS) is 1. The van der Waals surface area contributed by atoms with E-state index in [1.165, 1.54) is 0 Å². The van der Waals surface area contributed by atoms with Gasteiger partial charge in [0.05, 0.1) is 12.2 Å². The Balaban J connectivity index is 2.23. The molecule has 98 valence electrons. The third kappa shape index (κ3) is 2.89. The number of morpholine rings is 1. The molecule has 0 radical (unpaired) electrons. The Morgan fingerprint density at radius 2 is 1.83 bits per heavy atom. The van der Waals surface area contributed by atoms with E-state index >= 15 is 0 Å². The van der Waals surface area contributed by atoms with Gasteiger partial charge in [0.25, 0.3) is 0 Å². The summed E-state index contributed by atoms with van der Waals surface area (Å²) in [6.45, 7) is 5.26. The number of carboxylic acids is 1. The number of hydrogen-bond donors (Lipinski definition) is 1. The number of aliphatic carboxylic acids is 1. The molecular weight excluding hydrogens is 230 g/mol. The van der Waals surface area contributed by atoms with Crippen LogP contribution in [0.15, 0.2) is 30.3 Å². The molecular formula is C14H19NO3. The first-order valence-corrected chi connectivity index (χ1v) is 6.25. The maximum absolute atomic E-state index is 11.5. The lowest BCUT2D eigenvalue weighted by Gasteiger charge is -2.38. The SMILES string of the molecule is C[C@@H]1CN(C(C(=O)O)c2ccccc2)C[C@H](C)O1. The summed E-state index contributed by atoms with van der Waals surface area (Å²) in [6, 6.07) is 8.79. The fourth-order valence-electron chi connectivity index (χ4n) is 2.57. The minimum atomic E-state index is -0.803. The van der Waals surface area contributed by atoms with Crippen LogP contribution in [0.2, 0.25) is 0 Å². The zero-order valence-electron chi connectivity index (χ0n) is 10.7. The van der Waals surface area contributed by atoms with E-state index in [9.17, 15) is 9.90 Å². The number of benzene rings is 1. The van der Waals surface area contributed by atoms with Gasteiger partial charge in [0.15, 0.2) is 0 Å². The van der Waals surface area contributed by atoms with Gasteiger partial charge in [0.2, 0.25) is 0 Å². The van der Waals surface area contributed by atoms with Crippen LogP contribution in [-0.4, -0.2) is 41.3 Å². The highest BCUT2D eigenvalue weighted by atomic mass is 16.5. The Hall–Kier alpha value is -1.39. The first-order valence-electron chi connectivity index (χ1n) is 6.25. The van der Waals surface area contributed by atoms with Crippen LogP contribution in [0.1, 0.15) is 25.5 Å². The van der Waals surface area contributed by atoms with Crippen LogP contribution in [0.3, 0.4) is 0 Å². The van der Waals surface area contributed by atoms with Gasteiger partial charge in [-0.05, 0) is 19.4 Å². The fourth-order valence-corrected chi connectivity index (χ4v) is 2.57. The molecule has 4 nitrogen and oxygen atoms in total. The van der Waals surface area contributed by atoms with E-state index in [4.69, 9.17) is 4.74 Å². The van der Waals surface area contributed by atoms with Gasteiger partial charge >= 0.3 is 5.97 Å². The number of carbonyl (C=O) groups is 1. The Morgan fingerprint density at radius 3 is 2.33 bits per heavy atom. The summed E-state index contributed by atoms with van der Waals surface area (Å²) in [5.41, 5.74) is 0.825. The standard InChI is InChI=1S/C14H19NO3/c1-10-8-15(9-11(2)18-10)13(14(16)17)12-6-4-3-5-7-12/h3-7,10-11,13H,8-9H2,1-2H3,(H,16,17)/t10-,11+,13?. The molecule has 0 spiro atoms. The normalized spacial score (nSPS) is 26.8. The predicted octanol–water partition coefficient (Wildman–Crippen LogP) is 1.92. The molecule has 3 atom stereocenters. The third-order valence-electron chi connectivity index (χ3n) is 3.16. The molecule has 1 aromatic carbocycles. The topological polar surface area (TPSA) is 49.8 Å². The summed E-state index contributed by atoms with van der Waals surface area (Å²) in [4.78, 5) is 13.5. The van der Waals surface area contributed by atoms with Crippen molar-refractivity contribution < 1.29 is 14.6 Å². The zero-order chi connectivity index (χ0) is 13.1. The van der Waals surface area contributed by atoms with Crippen molar-refractivity contribution in [1.82, 2.24) is 4.90 Å². The van der Waals surface area contributed by atoms with E-state index in [0.717, 1.165) is 5.56 Å². The first kappa shape index (κ1) is 13.1. The van der Waals surface area contributed by atoms with Gasteiger partial charge in [0.1, 0.15) is 6.04 Å². The van der Waals surface area contributed by atoms with E-state index in [0.29, 0.717) is 13.1 Å². The quantitative estimate of drug-likeness (QED) is 0.889. The minimum absolute atomic E-state index is 0.0688. The molecule has 1 aliphatic rings. The van der Waals surface area contributed by atoms with Gasteiger partial charge in [-0.15, -0.1) is 0 Å². The molecule has 2 rings (SSSR count). The summed E-state index contributed by atoms with van der Waals surface area (Å²) in [5.74, 6) is -0.803. The highest BCUT2D eigenvalue weighted by Crippen LogP contribution is 2.25. The molecule has 1 unspecified atom stereocenters. The van der Waals surface area contributed by atoms with Crippen molar-refractivity contribution >= 4 is 5.97 Å². The first-order chi connectivity index (χ1) is 8.58. The molecule has 0 aromatic heterocycles. The molecule has 1 aliphatic heterocycles. The predicted molar refractivity (Wildman–Crippen MR) is 68.4 cm³/mol. The van der Waals surface area contributed by atoms with Crippen molar-refractivity contribution in [2.45, 2.75) is 32.1 Å².